The number of aryl methyl sites for hydroxylation is 1. The molecule has 1 fully saturated rings. The molecule has 134 valence electrons. The Bertz CT molecular complexity index is 699. The molecule has 0 saturated carbocycles. The van der Waals surface area contributed by atoms with Gasteiger partial charge in [0.2, 0.25) is 11.8 Å². The summed E-state index contributed by atoms with van der Waals surface area (Å²) in [4.78, 5) is 52.0. The van der Waals surface area contributed by atoms with E-state index in [1.807, 2.05) is 19.1 Å². The van der Waals surface area contributed by atoms with Crippen LogP contribution in [0.5, 0.6) is 0 Å². The van der Waals surface area contributed by atoms with Crippen molar-refractivity contribution in [2.24, 2.45) is 0 Å². The van der Waals surface area contributed by atoms with E-state index in [0.29, 0.717) is 5.69 Å². The summed E-state index contributed by atoms with van der Waals surface area (Å²) < 4.78 is 0. The number of hydrogen-bond donors (Lipinski definition) is 1. The fourth-order valence-corrected chi connectivity index (χ4v) is 2.44. The number of anilines is 1. The number of imide groups is 1. The molecule has 0 spiro atoms. The van der Waals surface area contributed by atoms with Crippen LogP contribution >= 0.6 is 0 Å². The van der Waals surface area contributed by atoms with Crippen molar-refractivity contribution >= 4 is 29.4 Å². The molecule has 25 heavy (non-hydrogen) atoms. The molecule has 2 rings (SSSR count). The van der Waals surface area contributed by atoms with Crippen molar-refractivity contribution in [3.8, 4) is 0 Å². The fraction of sp³-hybridized carbons (Fsp3) is 0.412. The van der Waals surface area contributed by atoms with Gasteiger partial charge in [-0.1, -0.05) is 17.7 Å². The third-order valence-electron chi connectivity index (χ3n) is 4.00. The lowest BCUT2D eigenvalue weighted by atomic mass is 10.2. The van der Waals surface area contributed by atoms with E-state index in [-0.39, 0.29) is 12.5 Å². The standard InChI is InChI=1S/C17H22N4O4/c1-11-5-7-13(8-6-11)21-12(2)16(24)20(17(21)25)10-14(22)18-9-15(23)19(3)4/h5-8,12H,9-10H2,1-4H3,(H,18,22)/t12-/m0/s1. The molecule has 8 nitrogen and oxygen atoms in total. The second-order valence-electron chi connectivity index (χ2n) is 6.15. The first kappa shape index (κ1) is 18.4. The van der Waals surface area contributed by atoms with Crippen molar-refractivity contribution in [2.45, 2.75) is 19.9 Å². The molecule has 1 heterocycles. The molecular formula is C17H22N4O4. The van der Waals surface area contributed by atoms with E-state index in [0.717, 1.165) is 10.5 Å². The molecular weight excluding hydrogens is 324 g/mol. The van der Waals surface area contributed by atoms with Crippen LogP contribution in [0.4, 0.5) is 10.5 Å². The SMILES string of the molecule is Cc1ccc(N2C(=O)N(CC(=O)NCC(=O)N(C)C)C(=O)[C@@H]2C)cc1. The summed E-state index contributed by atoms with van der Waals surface area (Å²) >= 11 is 0. The Morgan fingerprint density at radius 1 is 1.16 bits per heavy atom. The van der Waals surface area contributed by atoms with E-state index < -0.39 is 30.4 Å². The molecule has 1 aliphatic heterocycles. The molecule has 0 radical (unpaired) electrons. The van der Waals surface area contributed by atoms with Crippen LogP contribution in [-0.2, 0) is 14.4 Å². The molecule has 1 aromatic rings. The molecule has 1 aromatic carbocycles. The first-order chi connectivity index (χ1) is 11.7. The van der Waals surface area contributed by atoms with Crippen molar-refractivity contribution in [3.05, 3.63) is 29.8 Å². The highest BCUT2D eigenvalue weighted by Crippen LogP contribution is 2.25. The minimum absolute atomic E-state index is 0.181. The Morgan fingerprint density at radius 3 is 2.32 bits per heavy atom. The maximum absolute atomic E-state index is 12.6. The molecule has 1 saturated heterocycles. The van der Waals surface area contributed by atoms with Gasteiger partial charge >= 0.3 is 6.03 Å². The van der Waals surface area contributed by atoms with Crippen molar-refractivity contribution in [2.75, 3.05) is 32.1 Å². The molecule has 5 amide bonds. The monoisotopic (exact) mass is 346 g/mol. The zero-order chi connectivity index (χ0) is 18.7. The lowest BCUT2D eigenvalue weighted by molar-refractivity contribution is -0.133. The number of benzene rings is 1. The summed E-state index contributed by atoms with van der Waals surface area (Å²) in [5, 5.41) is 2.41. The molecule has 0 aliphatic carbocycles. The van der Waals surface area contributed by atoms with Gasteiger partial charge in [0.25, 0.3) is 5.91 Å². The normalized spacial score (nSPS) is 17.0. The fourth-order valence-electron chi connectivity index (χ4n) is 2.44. The predicted molar refractivity (Wildman–Crippen MR) is 91.9 cm³/mol. The Balaban J connectivity index is 2.06. The van der Waals surface area contributed by atoms with Gasteiger partial charge in [-0.25, -0.2) is 4.79 Å². The van der Waals surface area contributed by atoms with Gasteiger partial charge in [-0.15, -0.1) is 0 Å². The Labute approximate surface area is 146 Å². The van der Waals surface area contributed by atoms with E-state index in [4.69, 9.17) is 0 Å². The third-order valence-corrected chi connectivity index (χ3v) is 4.00. The summed E-state index contributed by atoms with van der Waals surface area (Å²) in [5.74, 6) is -1.28. The maximum atomic E-state index is 12.6. The summed E-state index contributed by atoms with van der Waals surface area (Å²) in [6.07, 6.45) is 0. The summed E-state index contributed by atoms with van der Waals surface area (Å²) in [6, 6.07) is 5.98. The molecule has 1 atom stereocenters. The molecule has 0 unspecified atom stereocenters. The van der Waals surface area contributed by atoms with Crippen molar-refractivity contribution in [3.63, 3.8) is 0 Å². The number of amides is 5. The van der Waals surface area contributed by atoms with Gasteiger partial charge in [-0.05, 0) is 26.0 Å². The van der Waals surface area contributed by atoms with Crippen LogP contribution in [0.15, 0.2) is 24.3 Å². The second-order valence-corrected chi connectivity index (χ2v) is 6.15. The van der Waals surface area contributed by atoms with Crippen LogP contribution < -0.4 is 10.2 Å². The molecule has 1 N–H and O–H groups in total. The zero-order valence-electron chi connectivity index (χ0n) is 14.8. The number of carbonyl (C=O) groups excluding carboxylic acids is 4. The zero-order valence-corrected chi connectivity index (χ0v) is 14.8. The molecule has 0 aromatic heterocycles. The van der Waals surface area contributed by atoms with Crippen molar-refractivity contribution in [1.82, 2.24) is 15.1 Å². The summed E-state index contributed by atoms with van der Waals surface area (Å²) in [7, 11) is 3.15. The predicted octanol–water partition coefficient (Wildman–Crippen LogP) is 0.357. The van der Waals surface area contributed by atoms with Crippen LogP contribution in [0.1, 0.15) is 12.5 Å². The average Bonchev–Trinajstić information content (AvgIpc) is 2.77. The van der Waals surface area contributed by atoms with E-state index in [1.54, 1.807) is 33.2 Å². The Hall–Kier alpha value is -2.90. The lowest BCUT2D eigenvalue weighted by Gasteiger charge is -2.19. The van der Waals surface area contributed by atoms with Gasteiger partial charge in [0.05, 0.1) is 6.54 Å². The minimum Gasteiger partial charge on any atom is -0.347 e. The van der Waals surface area contributed by atoms with Crippen LogP contribution in [0.25, 0.3) is 0 Å². The van der Waals surface area contributed by atoms with Crippen LogP contribution in [-0.4, -0.2) is 66.8 Å². The minimum atomic E-state index is -0.689. The number of likely N-dealkylation sites (N-methyl/N-ethyl adjacent to an activating group) is 1. The maximum Gasteiger partial charge on any atom is 0.332 e. The highest BCUT2D eigenvalue weighted by atomic mass is 16.2. The van der Waals surface area contributed by atoms with Gasteiger partial charge in [0.15, 0.2) is 0 Å². The number of urea groups is 1. The molecule has 8 heteroatoms. The number of rotatable bonds is 5. The highest BCUT2D eigenvalue weighted by Gasteiger charge is 2.43. The van der Waals surface area contributed by atoms with Crippen LogP contribution in [0, 0.1) is 6.92 Å². The molecule has 1 aliphatic rings. The van der Waals surface area contributed by atoms with Gasteiger partial charge in [0.1, 0.15) is 12.6 Å². The van der Waals surface area contributed by atoms with Crippen LogP contribution in [0.2, 0.25) is 0 Å². The number of carbonyl (C=O) groups is 4. The number of nitrogens with one attached hydrogen (secondary N) is 1. The van der Waals surface area contributed by atoms with Crippen LogP contribution in [0.3, 0.4) is 0 Å². The summed E-state index contributed by atoms with van der Waals surface area (Å²) in [5.41, 5.74) is 1.64. The molecule has 0 bridgehead atoms. The third kappa shape index (κ3) is 3.96. The highest BCUT2D eigenvalue weighted by molar-refractivity contribution is 6.15. The van der Waals surface area contributed by atoms with Gasteiger partial charge in [0, 0.05) is 19.8 Å². The topological polar surface area (TPSA) is 90.0 Å². The Kier molecular flexibility index (Phi) is 5.41. The lowest BCUT2D eigenvalue weighted by Crippen LogP contribution is -2.44. The van der Waals surface area contributed by atoms with E-state index in [1.165, 1.54) is 9.80 Å². The largest absolute Gasteiger partial charge is 0.347 e. The van der Waals surface area contributed by atoms with Gasteiger partial charge < -0.3 is 10.2 Å². The van der Waals surface area contributed by atoms with Crippen molar-refractivity contribution in [1.29, 1.82) is 0 Å². The quantitative estimate of drug-likeness (QED) is 0.780. The van der Waals surface area contributed by atoms with Gasteiger partial charge in [-0.3, -0.25) is 24.2 Å². The van der Waals surface area contributed by atoms with E-state index in [9.17, 15) is 19.2 Å². The van der Waals surface area contributed by atoms with E-state index in [2.05, 4.69) is 5.32 Å². The smallest absolute Gasteiger partial charge is 0.332 e. The summed E-state index contributed by atoms with van der Waals surface area (Å²) in [6.45, 7) is 2.95. The first-order valence-corrected chi connectivity index (χ1v) is 7.90. The Morgan fingerprint density at radius 2 is 1.76 bits per heavy atom. The first-order valence-electron chi connectivity index (χ1n) is 7.90. The van der Waals surface area contributed by atoms with Gasteiger partial charge in [-0.2, -0.15) is 0 Å². The van der Waals surface area contributed by atoms with Crippen molar-refractivity contribution < 1.29 is 19.2 Å². The average molecular weight is 346 g/mol. The second kappa shape index (κ2) is 7.33. The van der Waals surface area contributed by atoms with E-state index >= 15 is 0 Å². The number of nitrogens with zero attached hydrogens (tertiary/aromatic N) is 3. The number of hydrogen-bond acceptors (Lipinski definition) is 4.